The van der Waals surface area contributed by atoms with Gasteiger partial charge in [-0.05, 0) is 58.5 Å². The maximum Gasteiger partial charge on any atom is 0.0125 e. The molecule has 0 bridgehead atoms. The number of piperidine rings is 1. The van der Waals surface area contributed by atoms with Gasteiger partial charge in [-0.1, -0.05) is 13.3 Å². The van der Waals surface area contributed by atoms with E-state index >= 15 is 0 Å². The highest BCUT2D eigenvalue weighted by atomic mass is 15.3. The molecule has 2 nitrogen and oxygen atoms in total. The molecule has 17 heavy (non-hydrogen) atoms. The number of nitrogens with zero attached hydrogens (tertiary/aromatic N) is 2. The van der Waals surface area contributed by atoms with Gasteiger partial charge >= 0.3 is 0 Å². The average molecular weight is 238 g/mol. The molecule has 2 aliphatic rings. The summed E-state index contributed by atoms with van der Waals surface area (Å²) < 4.78 is 0. The Kier molecular flexibility index (Phi) is 4.14. The monoisotopic (exact) mass is 238 g/mol. The first-order valence-electron chi connectivity index (χ1n) is 7.46. The molecule has 2 rings (SSSR count). The van der Waals surface area contributed by atoms with E-state index in [0.29, 0.717) is 5.54 Å². The minimum absolute atomic E-state index is 0.381. The van der Waals surface area contributed by atoms with Crippen LogP contribution in [-0.2, 0) is 0 Å². The maximum atomic E-state index is 2.71. The maximum absolute atomic E-state index is 2.71. The zero-order chi connectivity index (χ0) is 12.5. The van der Waals surface area contributed by atoms with Crippen molar-refractivity contribution in [2.75, 3.05) is 32.7 Å². The summed E-state index contributed by atoms with van der Waals surface area (Å²) in [5.41, 5.74) is 0.381. The number of hydrogen-bond donors (Lipinski definition) is 0. The summed E-state index contributed by atoms with van der Waals surface area (Å²) in [6.45, 7) is 16.0. The van der Waals surface area contributed by atoms with E-state index in [1.165, 1.54) is 52.0 Å². The van der Waals surface area contributed by atoms with Crippen LogP contribution in [0, 0.1) is 11.8 Å². The summed E-state index contributed by atoms with van der Waals surface area (Å²) in [6, 6.07) is 0. The van der Waals surface area contributed by atoms with Crippen molar-refractivity contribution in [3.05, 3.63) is 0 Å². The van der Waals surface area contributed by atoms with Crippen LogP contribution in [0.4, 0.5) is 0 Å². The van der Waals surface area contributed by atoms with Crippen molar-refractivity contribution in [1.82, 2.24) is 9.80 Å². The Morgan fingerprint density at radius 1 is 1.00 bits per heavy atom. The fraction of sp³-hybridized carbons (Fsp3) is 1.00. The lowest BCUT2D eigenvalue weighted by Gasteiger charge is -2.49. The Balaban J connectivity index is 1.64. The van der Waals surface area contributed by atoms with Crippen LogP contribution in [0.5, 0.6) is 0 Å². The van der Waals surface area contributed by atoms with Crippen LogP contribution in [-0.4, -0.2) is 48.1 Å². The van der Waals surface area contributed by atoms with Crippen molar-refractivity contribution in [3.8, 4) is 0 Å². The van der Waals surface area contributed by atoms with Gasteiger partial charge in [-0.25, -0.2) is 0 Å². The lowest BCUT2D eigenvalue weighted by atomic mass is 9.90. The molecule has 2 heteroatoms. The predicted octanol–water partition coefficient (Wildman–Crippen LogP) is 2.84. The second-order valence-electron chi connectivity index (χ2n) is 7.09. The first kappa shape index (κ1) is 13.4. The first-order chi connectivity index (χ1) is 7.99. The smallest absolute Gasteiger partial charge is 0.0125 e. The fourth-order valence-corrected chi connectivity index (χ4v) is 3.18. The van der Waals surface area contributed by atoms with E-state index < -0.39 is 0 Å². The van der Waals surface area contributed by atoms with Crippen LogP contribution in [0.25, 0.3) is 0 Å². The predicted molar refractivity (Wildman–Crippen MR) is 74.3 cm³/mol. The fourth-order valence-electron chi connectivity index (χ4n) is 3.18. The molecule has 0 aromatic heterocycles. The van der Waals surface area contributed by atoms with E-state index in [0.717, 1.165) is 11.8 Å². The molecule has 0 atom stereocenters. The topological polar surface area (TPSA) is 6.48 Å². The van der Waals surface area contributed by atoms with Crippen LogP contribution in [0.3, 0.4) is 0 Å². The summed E-state index contributed by atoms with van der Waals surface area (Å²) in [7, 11) is 0. The molecule has 0 saturated carbocycles. The summed E-state index contributed by atoms with van der Waals surface area (Å²) in [5, 5.41) is 0. The third-order valence-corrected chi connectivity index (χ3v) is 4.71. The normalized spacial score (nSPS) is 26.1. The molecule has 0 N–H and O–H groups in total. The minimum atomic E-state index is 0.381. The molecular formula is C15H30N2. The molecule has 2 heterocycles. The van der Waals surface area contributed by atoms with Gasteiger partial charge in [0, 0.05) is 25.2 Å². The summed E-state index contributed by atoms with van der Waals surface area (Å²) >= 11 is 0. The number of likely N-dealkylation sites (tertiary alicyclic amines) is 2. The van der Waals surface area contributed by atoms with Crippen LogP contribution in [0.2, 0.25) is 0 Å². The number of rotatable bonds is 3. The van der Waals surface area contributed by atoms with Crippen LogP contribution < -0.4 is 0 Å². The quantitative estimate of drug-likeness (QED) is 0.746. The van der Waals surface area contributed by atoms with E-state index in [1.807, 2.05) is 0 Å². The minimum Gasteiger partial charge on any atom is -0.303 e. The second kappa shape index (κ2) is 5.27. The molecular weight excluding hydrogens is 208 g/mol. The molecule has 2 fully saturated rings. The molecule has 0 spiro atoms. The molecule has 0 aromatic carbocycles. The Morgan fingerprint density at radius 2 is 1.59 bits per heavy atom. The molecule has 2 saturated heterocycles. The molecule has 0 amide bonds. The van der Waals surface area contributed by atoms with Crippen molar-refractivity contribution >= 4 is 0 Å². The van der Waals surface area contributed by atoms with Crippen LogP contribution >= 0.6 is 0 Å². The molecule has 0 unspecified atom stereocenters. The largest absolute Gasteiger partial charge is 0.303 e. The van der Waals surface area contributed by atoms with Gasteiger partial charge in [0.1, 0.15) is 0 Å². The van der Waals surface area contributed by atoms with Crippen LogP contribution in [0.1, 0.15) is 47.0 Å². The lowest BCUT2D eigenvalue weighted by molar-refractivity contribution is -0.00636. The van der Waals surface area contributed by atoms with Gasteiger partial charge in [0.25, 0.3) is 0 Å². The third-order valence-electron chi connectivity index (χ3n) is 4.71. The molecule has 100 valence electrons. The van der Waals surface area contributed by atoms with Crippen molar-refractivity contribution in [1.29, 1.82) is 0 Å². The van der Waals surface area contributed by atoms with Gasteiger partial charge in [-0.2, -0.15) is 0 Å². The van der Waals surface area contributed by atoms with Gasteiger partial charge in [0.15, 0.2) is 0 Å². The van der Waals surface area contributed by atoms with E-state index in [1.54, 1.807) is 0 Å². The van der Waals surface area contributed by atoms with Crippen molar-refractivity contribution in [2.24, 2.45) is 11.8 Å². The van der Waals surface area contributed by atoms with Crippen molar-refractivity contribution in [2.45, 2.75) is 52.5 Å². The summed E-state index contributed by atoms with van der Waals surface area (Å²) in [6.07, 6.45) is 4.26. The Morgan fingerprint density at radius 3 is 2.06 bits per heavy atom. The number of hydrogen-bond acceptors (Lipinski definition) is 2. The van der Waals surface area contributed by atoms with Gasteiger partial charge < -0.3 is 4.90 Å². The van der Waals surface area contributed by atoms with E-state index in [2.05, 4.69) is 37.5 Å². The zero-order valence-corrected chi connectivity index (χ0v) is 12.2. The van der Waals surface area contributed by atoms with E-state index in [9.17, 15) is 0 Å². The molecule has 2 aliphatic heterocycles. The first-order valence-corrected chi connectivity index (χ1v) is 7.46. The average Bonchev–Trinajstić information content (AvgIpc) is 2.22. The zero-order valence-electron chi connectivity index (χ0n) is 12.2. The third kappa shape index (κ3) is 3.45. The van der Waals surface area contributed by atoms with Gasteiger partial charge in [0.2, 0.25) is 0 Å². The Hall–Kier alpha value is -0.0800. The van der Waals surface area contributed by atoms with Gasteiger partial charge in [0.05, 0.1) is 0 Å². The van der Waals surface area contributed by atoms with Crippen LogP contribution in [0.15, 0.2) is 0 Å². The summed E-state index contributed by atoms with van der Waals surface area (Å²) in [4.78, 5) is 5.31. The highest BCUT2D eigenvalue weighted by Gasteiger charge is 2.35. The highest BCUT2D eigenvalue weighted by molar-refractivity contribution is 4.90. The molecule has 0 aliphatic carbocycles. The highest BCUT2D eigenvalue weighted by Crippen LogP contribution is 2.27. The van der Waals surface area contributed by atoms with Crippen molar-refractivity contribution in [3.63, 3.8) is 0 Å². The SMILES string of the molecule is CCC1CCN(CC2CN(C(C)(C)C)C2)CC1. The standard InChI is InChI=1S/C15H30N2/c1-5-13-6-8-16(9-7-13)10-14-11-17(12-14)15(2,3)4/h13-14H,5-12H2,1-4H3. The second-order valence-corrected chi connectivity index (χ2v) is 7.09. The molecule has 0 radical (unpaired) electrons. The lowest BCUT2D eigenvalue weighted by Crippen LogP contribution is -2.58. The van der Waals surface area contributed by atoms with E-state index in [4.69, 9.17) is 0 Å². The van der Waals surface area contributed by atoms with E-state index in [-0.39, 0.29) is 0 Å². The Bertz CT molecular complexity index is 230. The van der Waals surface area contributed by atoms with Gasteiger partial charge in [-0.15, -0.1) is 0 Å². The Labute approximate surface area is 107 Å². The van der Waals surface area contributed by atoms with Gasteiger partial charge in [-0.3, -0.25) is 4.90 Å². The molecule has 0 aromatic rings. The summed E-state index contributed by atoms with van der Waals surface area (Å²) in [5.74, 6) is 1.95. The van der Waals surface area contributed by atoms with Crippen molar-refractivity contribution < 1.29 is 0 Å².